The second-order valence-corrected chi connectivity index (χ2v) is 5.51. The molecule has 0 saturated carbocycles. The molecular formula is C11H17N3O2S. The lowest BCUT2D eigenvalue weighted by Gasteiger charge is -2.16. The van der Waals surface area contributed by atoms with Gasteiger partial charge in [0.15, 0.2) is 5.78 Å². The summed E-state index contributed by atoms with van der Waals surface area (Å²) in [6.07, 6.45) is 0.659. The fourth-order valence-corrected chi connectivity index (χ4v) is 1.79. The first-order valence-electron chi connectivity index (χ1n) is 5.49. The Morgan fingerprint density at radius 1 is 1.35 bits per heavy atom. The summed E-state index contributed by atoms with van der Waals surface area (Å²) in [5.41, 5.74) is 0.239. The average molecular weight is 255 g/mol. The zero-order valence-electron chi connectivity index (χ0n) is 10.5. The number of hydrogen-bond donors (Lipinski definition) is 1. The third kappa shape index (κ3) is 3.59. The van der Waals surface area contributed by atoms with E-state index in [4.69, 9.17) is 0 Å². The van der Waals surface area contributed by atoms with Gasteiger partial charge in [0.05, 0.1) is 12.2 Å². The molecule has 1 aromatic rings. The van der Waals surface area contributed by atoms with E-state index >= 15 is 0 Å². The molecule has 1 N–H and O–H groups in total. The maximum absolute atomic E-state index is 11.8. The van der Waals surface area contributed by atoms with E-state index in [1.807, 2.05) is 27.7 Å². The van der Waals surface area contributed by atoms with Crippen LogP contribution in [-0.2, 0) is 11.2 Å². The van der Waals surface area contributed by atoms with E-state index in [-0.39, 0.29) is 18.2 Å². The van der Waals surface area contributed by atoms with E-state index in [0.717, 1.165) is 11.5 Å². The molecule has 0 unspecified atom stereocenters. The van der Waals surface area contributed by atoms with Gasteiger partial charge in [-0.15, -0.1) is 5.10 Å². The Labute approximate surface area is 105 Å². The molecule has 0 aromatic carbocycles. The van der Waals surface area contributed by atoms with Crippen molar-refractivity contribution < 1.29 is 9.59 Å². The summed E-state index contributed by atoms with van der Waals surface area (Å²) in [6.45, 7) is 7.44. The lowest BCUT2D eigenvalue weighted by atomic mass is 9.91. The van der Waals surface area contributed by atoms with Gasteiger partial charge >= 0.3 is 0 Å². The lowest BCUT2D eigenvalue weighted by molar-refractivity contribution is -0.125. The minimum atomic E-state index is -0.438. The van der Waals surface area contributed by atoms with E-state index < -0.39 is 5.41 Å². The van der Waals surface area contributed by atoms with Crippen molar-refractivity contribution in [3.8, 4) is 0 Å². The number of Topliss-reactive ketones (excluding diaryl/α,β-unsaturated/α-hetero) is 1. The highest BCUT2D eigenvalue weighted by atomic mass is 32.1. The molecule has 6 heteroatoms. The number of carbonyl (C=O) groups is 2. The zero-order valence-corrected chi connectivity index (χ0v) is 11.3. The zero-order chi connectivity index (χ0) is 13.1. The van der Waals surface area contributed by atoms with Gasteiger partial charge in [0.2, 0.25) is 0 Å². The van der Waals surface area contributed by atoms with E-state index in [0.29, 0.717) is 17.0 Å². The van der Waals surface area contributed by atoms with E-state index in [1.165, 1.54) is 0 Å². The lowest BCUT2D eigenvalue weighted by Crippen LogP contribution is -2.35. The SMILES string of the molecule is CCc1nnsc1C(=O)NCC(=O)C(C)(C)C. The number of nitrogens with zero attached hydrogens (tertiary/aromatic N) is 2. The topological polar surface area (TPSA) is 72.0 Å². The molecule has 0 saturated heterocycles. The van der Waals surface area contributed by atoms with Crippen molar-refractivity contribution >= 4 is 23.2 Å². The Morgan fingerprint density at radius 2 is 2.00 bits per heavy atom. The Kier molecular flexibility index (Phi) is 4.34. The summed E-state index contributed by atoms with van der Waals surface area (Å²) >= 11 is 1.06. The van der Waals surface area contributed by atoms with Crippen LogP contribution in [-0.4, -0.2) is 27.8 Å². The Balaban J connectivity index is 2.60. The summed E-state index contributed by atoms with van der Waals surface area (Å²) in [6, 6.07) is 0. The van der Waals surface area contributed by atoms with Gasteiger partial charge in [-0.25, -0.2) is 0 Å². The van der Waals surface area contributed by atoms with E-state index in [9.17, 15) is 9.59 Å². The van der Waals surface area contributed by atoms with Gasteiger partial charge in [0, 0.05) is 5.41 Å². The van der Waals surface area contributed by atoms with Gasteiger partial charge < -0.3 is 5.32 Å². The molecule has 1 heterocycles. The molecule has 0 atom stereocenters. The first kappa shape index (κ1) is 13.8. The van der Waals surface area contributed by atoms with Crippen molar-refractivity contribution in [2.24, 2.45) is 5.41 Å². The molecule has 1 rings (SSSR count). The fourth-order valence-electron chi connectivity index (χ4n) is 1.12. The normalized spacial score (nSPS) is 11.3. The first-order chi connectivity index (χ1) is 7.86. The molecule has 0 bridgehead atoms. The van der Waals surface area contributed by atoms with Crippen LogP contribution in [0.2, 0.25) is 0 Å². The smallest absolute Gasteiger partial charge is 0.265 e. The van der Waals surface area contributed by atoms with Gasteiger partial charge in [-0.2, -0.15) is 0 Å². The minimum Gasteiger partial charge on any atom is -0.344 e. The van der Waals surface area contributed by atoms with Crippen molar-refractivity contribution in [3.63, 3.8) is 0 Å². The number of nitrogens with one attached hydrogen (secondary N) is 1. The molecule has 94 valence electrons. The summed E-state index contributed by atoms with van der Waals surface area (Å²) < 4.78 is 3.74. The summed E-state index contributed by atoms with van der Waals surface area (Å²) in [5.74, 6) is -0.268. The molecule has 17 heavy (non-hydrogen) atoms. The molecule has 0 spiro atoms. The minimum absolute atomic E-state index is 0.00127. The predicted octanol–water partition coefficient (Wildman–Crippen LogP) is 1.45. The average Bonchev–Trinajstić information content (AvgIpc) is 2.71. The third-order valence-corrected chi connectivity index (χ3v) is 3.11. The highest BCUT2D eigenvalue weighted by Crippen LogP contribution is 2.14. The highest BCUT2D eigenvalue weighted by molar-refractivity contribution is 7.08. The van der Waals surface area contributed by atoms with Gasteiger partial charge in [0.1, 0.15) is 4.88 Å². The summed E-state index contributed by atoms with van der Waals surface area (Å²) in [5, 5.41) is 6.46. The van der Waals surface area contributed by atoms with Crippen LogP contribution < -0.4 is 5.32 Å². The number of carbonyl (C=O) groups excluding carboxylic acids is 2. The van der Waals surface area contributed by atoms with Crippen LogP contribution in [0.15, 0.2) is 0 Å². The highest BCUT2D eigenvalue weighted by Gasteiger charge is 2.22. The molecule has 0 fully saturated rings. The second kappa shape index (κ2) is 5.35. The maximum atomic E-state index is 11.8. The second-order valence-electron chi connectivity index (χ2n) is 4.76. The number of aromatic nitrogens is 2. The number of amides is 1. The van der Waals surface area contributed by atoms with Crippen LogP contribution in [0.3, 0.4) is 0 Å². The monoisotopic (exact) mass is 255 g/mol. The molecule has 1 aromatic heterocycles. The van der Waals surface area contributed by atoms with Gasteiger partial charge in [-0.1, -0.05) is 32.2 Å². The standard InChI is InChI=1S/C11H17N3O2S/c1-5-7-9(17-14-13-7)10(16)12-6-8(15)11(2,3)4/h5-6H2,1-4H3,(H,12,16). The van der Waals surface area contributed by atoms with Gasteiger partial charge in [-0.3, -0.25) is 9.59 Å². The van der Waals surface area contributed by atoms with Crippen molar-refractivity contribution in [2.45, 2.75) is 34.1 Å². The number of rotatable bonds is 4. The van der Waals surface area contributed by atoms with Crippen LogP contribution in [0.25, 0.3) is 0 Å². The molecule has 0 aliphatic rings. The third-order valence-electron chi connectivity index (χ3n) is 2.34. The van der Waals surface area contributed by atoms with Crippen LogP contribution >= 0.6 is 11.5 Å². The summed E-state index contributed by atoms with van der Waals surface area (Å²) in [7, 11) is 0. The maximum Gasteiger partial charge on any atom is 0.265 e. The van der Waals surface area contributed by atoms with E-state index in [2.05, 4.69) is 14.9 Å². The van der Waals surface area contributed by atoms with Crippen molar-refractivity contribution in [3.05, 3.63) is 10.6 Å². The van der Waals surface area contributed by atoms with Gasteiger partial charge in [-0.05, 0) is 18.0 Å². The van der Waals surface area contributed by atoms with Crippen LogP contribution in [0.1, 0.15) is 43.1 Å². The molecular weight excluding hydrogens is 238 g/mol. The van der Waals surface area contributed by atoms with Crippen LogP contribution in [0.4, 0.5) is 0 Å². The molecule has 0 aliphatic carbocycles. The Morgan fingerprint density at radius 3 is 2.53 bits per heavy atom. The van der Waals surface area contributed by atoms with Crippen molar-refractivity contribution in [1.29, 1.82) is 0 Å². The van der Waals surface area contributed by atoms with Crippen molar-refractivity contribution in [1.82, 2.24) is 14.9 Å². The number of aryl methyl sites for hydroxylation is 1. The Bertz CT molecular complexity index is 421. The largest absolute Gasteiger partial charge is 0.344 e. The Hall–Kier alpha value is -1.30. The molecule has 1 amide bonds. The predicted molar refractivity (Wildman–Crippen MR) is 66.1 cm³/mol. The van der Waals surface area contributed by atoms with E-state index in [1.54, 1.807) is 0 Å². The number of hydrogen-bond acceptors (Lipinski definition) is 5. The number of ketones is 1. The first-order valence-corrected chi connectivity index (χ1v) is 6.26. The summed E-state index contributed by atoms with van der Waals surface area (Å²) in [4.78, 5) is 23.9. The molecule has 0 radical (unpaired) electrons. The molecule has 0 aliphatic heterocycles. The molecule has 5 nitrogen and oxygen atoms in total. The van der Waals surface area contributed by atoms with Crippen LogP contribution in [0.5, 0.6) is 0 Å². The van der Waals surface area contributed by atoms with Crippen molar-refractivity contribution in [2.75, 3.05) is 6.54 Å². The fraction of sp³-hybridized carbons (Fsp3) is 0.636. The quantitative estimate of drug-likeness (QED) is 0.883. The van der Waals surface area contributed by atoms with Crippen LogP contribution in [0, 0.1) is 5.41 Å². The van der Waals surface area contributed by atoms with Gasteiger partial charge in [0.25, 0.3) is 5.91 Å².